The number of hydrogen-bond acceptors (Lipinski definition) is 3. The van der Waals surface area contributed by atoms with Crippen molar-refractivity contribution in [1.82, 2.24) is 0 Å². The highest BCUT2D eigenvalue weighted by molar-refractivity contribution is 7.80. The highest BCUT2D eigenvalue weighted by Gasteiger charge is 2.11. The first kappa shape index (κ1) is 12.9. The number of unbranched alkanes of at least 4 members (excludes halogenated alkanes) is 1. The second-order valence-corrected chi connectivity index (χ2v) is 4.22. The molecule has 0 aliphatic rings. The van der Waals surface area contributed by atoms with Crippen molar-refractivity contribution in [2.24, 2.45) is 5.92 Å². The van der Waals surface area contributed by atoms with Gasteiger partial charge in [-0.05, 0) is 12.3 Å². The van der Waals surface area contributed by atoms with Crippen LogP contribution in [-0.2, 0) is 14.6 Å². The van der Waals surface area contributed by atoms with Gasteiger partial charge in [-0.2, -0.15) is 8.42 Å². The Hall–Kier alpha value is -0.130. The Balaban J connectivity index is 3.72. The summed E-state index contributed by atoms with van der Waals surface area (Å²) in [6.45, 7) is 4.15. The molecule has 0 heterocycles. The largest absolute Gasteiger partial charge is 0.397 e. The summed E-state index contributed by atoms with van der Waals surface area (Å²) in [6, 6.07) is 0. The smallest absolute Gasteiger partial charge is 0.264 e. The van der Waals surface area contributed by atoms with Crippen LogP contribution < -0.4 is 0 Å². The molecule has 1 N–H and O–H groups in total. The molecule has 1 atom stereocenters. The van der Waals surface area contributed by atoms with E-state index in [4.69, 9.17) is 4.55 Å². The molecule has 0 aromatic heterocycles. The minimum Gasteiger partial charge on any atom is -0.264 e. The van der Waals surface area contributed by atoms with E-state index >= 15 is 0 Å². The molecule has 0 aliphatic heterocycles. The highest BCUT2D eigenvalue weighted by atomic mass is 32.3. The van der Waals surface area contributed by atoms with Crippen LogP contribution in [0.4, 0.5) is 0 Å². The van der Waals surface area contributed by atoms with Crippen molar-refractivity contribution in [1.29, 1.82) is 0 Å². The SMILES string of the molecule is CCCC[C@@H](CC)COS(=O)(=O)O. The molecule has 0 fully saturated rings. The molecule has 0 saturated carbocycles. The third-order valence-electron chi connectivity index (χ3n) is 2.00. The average Bonchev–Trinajstić information content (AvgIpc) is 2.03. The molecule has 0 rings (SSSR count). The summed E-state index contributed by atoms with van der Waals surface area (Å²) < 4.78 is 33.2. The first-order valence-electron chi connectivity index (χ1n) is 4.61. The molecule has 0 aliphatic carbocycles. The first-order chi connectivity index (χ1) is 5.99. The lowest BCUT2D eigenvalue weighted by Crippen LogP contribution is -2.13. The second kappa shape index (κ2) is 6.34. The van der Waals surface area contributed by atoms with Crippen molar-refractivity contribution in [3.8, 4) is 0 Å². The van der Waals surface area contributed by atoms with Gasteiger partial charge in [0.1, 0.15) is 0 Å². The quantitative estimate of drug-likeness (QED) is 0.653. The molecule has 0 aromatic rings. The Morgan fingerprint density at radius 1 is 1.38 bits per heavy atom. The van der Waals surface area contributed by atoms with Crippen molar-refractivity contribution in [3.05, 3.63) is 0 Å². The molecule has 0 unspecified atom stereocenters. The van der Waals surface area contributed by atoms with Crippen molar-refractivity contribution in [3.63, 3.8) is 0 Å². The monoisotopic (exact) mass is 210 g/mol. The van der Waals surface area contributed by atoms with Crippen LogP contribution in [0.15, 0.2) is 0 Å². The summed E-state index contributed by atoms with van der Waals surface area (Å²) in [5, 5.41) is 0. The predicted molar refractivity (Wildman–Crippen MR) is 50.8 cm³/mol. The van der Waals surface area contributed by atoms with Crippen LogP contribution >= 0.6 is 0 Å². The van der Waals surface area contributed by atoms with Crippen molar-refractivity contribution < 1.29 is 17.2 Å². The van der Waals surface area contributed by atoms with Gasteiger partial charge >= 0.3 is 10.4 Å². The molecule has 0 bridgehead atoms. The molecular weight excluding hydrogens is 192 g/mol. The van der Waals surface area contributed by atoms with E-state index in [0.717, 1.165) is 25.7 Å². The van der Waals surface area contributed by atoms with Crippen molar-refractivity contribution in [2.75, 3.05) is 6.61 Å². The van der Waals surface area contributed by atoms with Gasteiger partial charge in [-0.25, -0.2) is 4.18 Å². The lowest BCUT2D eigenvalue weighted by atomic mass is 10.0. The predicted octanol–water partition coefficient (Wildman–Crippen LogP) is 2.02. The van der Waals surface area contributed by atoms with Gasteiger partial charge in [0.15, 0.2) is 0 Å². The molecule has 0 spiro atoms. The average molecular weight is 210 g/mol. The maximum Gasteiger partial charge on any atom is 0.397 e. The summed E-state index contributed by atoms with van der Waals surface area (Å²) in [7, 11) is -4.25. The molecule has 0 saturated heterocycles. The van der Waals surface area contributed by atoms with E-state index in [9.17, 15) is 8.42 Å². The zero-order chi connectivity index (χ0) is 10.3. The minimum absolute atomic E-state index is 0.0926. The summed E-state index contributed by atoms with van der Waals surface area (Å²) in [6.07, 6.45) is 3.97. The molecule has 0 aromatic carbocycles. The van der Waals surface area contributed by atoms with E-state index in [1.54, 1.807) is 0 Å². The third-order valence-corrected chi connectivity index (χ3v) is 2.43. The van der Waals surface area contributed by atoms with Crippen LogP contribution in [-0.4, -0.2) is 19.6 Å². The van der Waals surface area contributed by atoms with Crippen molar-refractivity contribution in [2.45, 2.75) is 39.5 Å². The van der Waals surface area contributed by atoms with Gasteiger partial charge in [-0.15, -0.1) is 0 Å². The van der Waals surface area contributed by atoms with E-state index in [2.05, 4.69) is 11.1 Å². The van der Waals surface area contributed by atoms with E-state index in [1.165, 1.54) is 0 Å². The number of hydrogen-bond donors (Lipinski definition) is 1. The normalized spacial score (nSPS) is 14.4. The van der Waals surface area contributed by atoms with Crippen molar-refractivity contribution >= 4 is 10.4 Å². The molecule has 0 radical (unpaired) electrons. The zero-order valence-electron chi connectivity index (χ0n) is 8.19. The summed E-state index contributed by atoms with van der Waals surface area (Å²) in [5.74, 6) is 0.224. The topological polar surface area (TPSA) is 63.6 Å². The summed E-state index contributed by atoms with van der Waals surface area (Å²) in [4.78, 5) is 0. The van der Waals surface area contributed by atoms with Gasteiger partial charge < -0.3 is 0 Å². The fourth-order valence-electron chi connectivity index (χ4n) is 1.08. The fraction of sp³-hybridized carbons (Fsp3) is 1.00. The third kappa shape index (κ3) is 8.21. The summed E-state index contributed by atoms with van der Waals surface area (Å²) >= 11 is 0. The molecule has 80 valence electrons. The van der Waals surface area contributed by atoms with E-state index < -0.39 is 10.4 Å². The molecular formula is C8H18O4S. The minimum atomic E-state index is -4.25. The number of rotatable bonds is 7. The van der Waals surface area contributed by atoms with Gasteiger partial charge in [-0.3, -0.25) is 4.55 Å². The van der Waals surface area contributed by atoms with Gasteiger partial charge in [0.25, 0.3) is 0 Å². The molecule has 13 heavy (non-hydrogen) atoms. The maximum atomic E-state index is 10.3. The standard InChI is InChI=1S/C8H18O4S/c1-3-5-6-8(4-2)7-12-13(9,10)11/h8H,3-7H2,1-2H3,(H,9,10,11)/t8-/m1/s1. The summed E-state index contributed by atoms with van der Waals surface area (Å²) in [5.41, 5.74) is 0. The van der Waals surface area contributed by atoms with Crippen LogP contribution in [0.25, 0.3) is 0 Å². The molecule has 4 nitrogen and oxygen atoms in total. The Morgan fingerprint density at radius 3 is 2.38 bits per heavy atom. The Morgan fingerprint density at radius 2 is 2.00 bits per heavy atom. The van der Waals surface area contributed by atoms with E-state index in [-0.39, 0.29) is 12.5 Å². The van der Waals surface area contributed by atoms with Gasteiger partial charge in [0, 0.05) is 0 Å². The fourth-order valence-corrected chi connectivity index (χ4v) is 1.44. The molecule has 5 heteroatoms. The first-order valence-corrected chi connectivity index (χ1v) is 5.98. The second-order valence-electron chi connectivity index (χ2n) is 3.13. The maximum absolute atomic E-state index is 10.3. The Bertz CT molecular complexity index is 210. The Labute approximate surface area is 80.2 Å². The van der Waals surface area contributed by atoms with E-state index in [0.29, 0.717) is 0 Å². The van der Waals surface area contributed by atoms with Gasteiger partial charge in [-0.1, -0.05) is 33.1 Å². The van der Waals surface area contributed by atoms with Crippen LogP contribution in [0, 0.1) is 5.92 Å². The lowest BCUT2D eigenvalue weighted by molar-refractivity contribution is 0.211. The van der Waals surface area contributed by atoms with Crippen LogP contribution in [0.2, 0.25) is 0 Å². The van der Waals surface area contributed by atoms with Gasteiger partial charge in [0.05, 0.1) is 6.61 Å². The van der Waals surface area contributed by atoms with E-state index in [1.807, 2.05) is 6.92 Å². The zero-order valence-corrected chi connectivity index (χ0v) is 9.01. The van der Waals surface area contributed by atoms with Gasteiger partial charge in [0.2, 0.25) is 0 Å². The van der Waals surface area contributed by atoms with Crippen LogP contribution in [0.3, 0.4) is 0 Å². The lowest BCUT2D eigenvalue weighted by Gasteiger charge is -2.12. The molecule has 0 amide bonds. The van der Waals surface area contributed by atoms with Crippen LogP contribution in [0.1, 0.15) is 39.5 Å². The Kier molecular flexibility index (Phi) is 6.28. The van der Waals surface area contributed by atoms with Crippen LogP contribution in [0.5, 0.6) is 0 Å². The highest BCUT2D eigenvalue weighted by Crippen LogP contribution is 2.13.